The maximum absolute atomic E-state index is 13.7. The third-order valence-electron chi connectivity index (χ3n) is 5.76. The van der Waals surface area contributed by atoms with E-state index in [1.54, 1.807) is 24.0 Å². The predicted molar refractivity (Wildman–Crippen MR) is 129 cm³/mol. The summed E-state index contributed by atoms with van der Waals surface area (Å²) < 4.78 is 38.2. The molecule has 1 heterocycles. The molecule has 0 bridgehead atoms. The van der Waals surface area contributed by atoms with Crippen molar-refractivity contribution < 1.29 is 27.8 Å². The van der Waals surface area contributed by atoms with Crippen LogP contribution in [-0.2, 0) is 14.8 Å². The van der Waals surface area contributed by atoms with E-state index in [0.29, 0.717) is 25.4 Å². The van der Waals surface area contributed by atoms with E-state index in [2.05, 4.69) is 10.0 Å². The number of carbonyl (C=O) groups is 1. The average molecular weight is 486 g/mol. The van der Waals surface area contributed by atoms with E-state index in [1.165, 1.54) is 6.07 Å². The summed E-state index contributed by atoms with van der Waals surface area (Å²) in [5.74, 6) is 0.0661. The third kappa shape index (κ3) is 8.44. The molecule has 0 fully saturated rings. The Balaban J connectivity index is 2.51. The van der Waals surface area contributed by atoms with Crippen LogP contribution in [0.1, 0.15) is 50.4 Å². The van der Waals surface area contributed by atoms with Gasteiger partial charge in [0.25, 0.3) is 5.91 Å². The van der Waals surface area contributed by atoms with Crippen molar-refractivity contribution in [3.8, 4) is 5.75 Å². The van der Waals surface area contributed by atoms with Crippen LogP contribution in [0.4, 0.5) is 5.69 Å². The number of aliphatic hydroxyl groups excluding tert-OH is 1. The molecule has 1 amide bonds. The fraction of sp³-hybridized carbons (Fsp3) is 0.696. The van der Waals surface area contributed by atoms with Gasteiger partial charge in [0.1, 0.15) is 5.75 Å². The molecule has 1 aliphatic rings. The van der Waals surface area contributed by atoms with E-state index < -0.39 is 16.1 Å². The predicted octanol–water partition coefficient (Wildman–Crippen LogP) is 2.07. The molecule has 2 rings (SSSR count). The average Bonchev–Trinajstić information content (AvgIpc) is 2.74. The van der Waals surface area contributed by atoms with Crippen LogP contribution in [0.3, 0.4) is 0 Å². The molecular formula is C23H39N3O6S. The zero-order valence-corrected chi connectivity index (χ0v) is 21.2. The summed E-state index contributed by atoms with van der Waals surface area (Å²) in [6.07, 6.45) is 3.45. The first-order chi connectivity index (χ1) is 15.6. The highest BCUT2D eigenvalue weighted by Crippen LogP contribution is 2.28. The third-order valence-corrected chi connectivity index (χ3v) is 6.37. The van der Waals surface area contributed by atoms with Crippen LogP contribution in [0.25, 0.3) is 0 Å². The van der Waals surface area contributed by atoms with Crippen LogP contribution in [0.15, 0.2) is 18.2 Å². The quantitative estimate of drug-likeness (QED) is 0.565. The van der Waals surface area contributed by atoms with Crippen LogP contribution in [0.5, 0.6) is 5.75 Å². The van der Waals surface area contributed by atoms with Gasteiger partial charge in [0, 0.05) is 31.3 Å². The SMILES string of the molecule is CNC[C@@H]1OCCCC[C@H](C)Oc2ccc(NS(C)(=O)=O)cc2C(=O)N([C@@H](C)CO)C[C@@H]1C. The van der Waals surface area contributed by atoms with Crippen LogP contribution in [0, 0.1) is 5.92 Å². The number of ether oxygens (including phenoxy) is 2. The second-order valence-electron chi connectivity index (χ2n) is 8.94. The van der Waals surface area contributed by atoms with Crippen molar-refractivity contribution in [1.29, 1.82) is 0 Å². The lowest BCUT2D eigenvalue weighted by Crippen LogP contribution is -2.47. The summed E-state index contributed by atoms with van der Waals surface area (Å²) >= 11 is 0. The van der Waals surface area contributed by atoms with Crippen LogP contribution < -0.4 is 14.8 Å². The molecule has 33 heavy (non-hydrogen) atoms. The molecule has 0 saturated carbocycles. The number of sulfonamides is 1. The Labute approximate surface area is 197 Å². The number of aliphatic hydroxyl groups is 1. The van der Waals surface area contributed by atoms with Crippen molar-refractivity contribution in [3.63, 3.8) is 0 Å². The monoisotopic (exact) mass is 485 g/mol. The van der Waals surface area contributed by atoms with Gasteiger partial charge in [-0.05, 0) is 58.4 Å². The number of likely N-dealkylation sites (N-methyl/N-ethyl adjacent to an activating group) is 1. The molecule has 0 radical (unpaired) electrons. The maximum atomic E-state index is 13.7. The van der Waals surface area contributed by atoms with E-state index in [-0.39, 0.29) is 41.9 Å². The van der Waals surface area contributed by atoms with Crippen LogP contribution in [-0.4, -0.2) is 82.2 Å². The van der Waals surface area contributed by atoms with Gasteiger partial charge in [-0.3, -0.25) is 9.52 Å². The number of carbonyl (C=O) groups excluding carboxylic acids is 1. The molecule has 1 aliphatic heterocycles. The highest BCUT2D eigenvalue weighted by atomic mass is 32.2. The largest absolute Gasteiger partial charge is 0.490 e. The second-order valence-corrected chi connectivity index (χ2v) is 10.7. The van der Waals surface area contributed by atoms with Gasteiger partial charge in [0.15, 0.2) is 0 Å². The fourth-order valence-electron chi connectivity index (χ4n) is 3.89. The van der Waals surface area contributed by atoms with Gasteiger partial charge in [-0.15, -0.1) is 0 Å². The van der Waals surface area contributed by atoms with Crippen LogP contribution >= 0.6 is 0 Å². The molecule has 3 N–H and O–H groups in total. The Morgan fingerprint density at radius 3 is 2.64 bits per heavy atom. The molecule has 1 aromatic carbocycles. The first kappa shape index (κ1) is 27.4. The Kier molecular flexibility index (Phi) is 10.4. The van der Waals surface area contributed by atoms with E-state index in [1.807, 2.05) is 20.9 Å². The van der Waals surface area contributed by atoms with E-state index in [4.69, 9.17) is 9.47 Å². The molecule has 4 atom stereocenters. The Bertz CT molecular complexity index is 879. The van der Waals surface area contributed by atoms with E-state index in [9.17, 15) is 18.3 Å². The van der Waals surface area contributed by atoms with E-state index in [0.717, 1.165) is 25.5 Å². The minimum atomic E-state index is -3.52. The number of nitrogens with one attached hydrogen (secondary N) is 2. The standard InChI is InChI=1S/C23H39N3O6S/c1-16-14-26(17(2)15-27)23(28)20-12-19(25-33(5,29)30)9-10-21(20)32-18(3)8-6-7-11-31-22(16)13-24-4/h9-10,12,16-18,22,24-25,27H,6-8,11,13-15H2,1-5H3/t16-,17-,18-,22-/m0/s1. The molecule has 1 aromatic rings. The molecular weight excluding hydrogens is 446 g/mol. The van der Waals surface area contributed by atoms with Crippen molar-refractivity contribution in [2.24, 2.45) is 5.92 Å². The minimum Gasteiger partial charge on any atom is -0.490 e. The lowest BCUT2D eigenvalue weighted by molar-refractivity contribution is -0.000450. The molecule has 0 aromatic heterocycles. The smallest absolute Gasteiger partial charge is 0.258 e. The summed E-state index contributed by atoms with van der Waals surface area (Å²) in [6, 6.07) is 4.27. The van der Waals surface area contributed by atoms with Gasteiger partial charge in [-0.2, -0.15) is 0 Å². The highest BCUT2D eigenvalue weighted by molar-refractivity contribution is 7.92. The number of hydrogen-bond donors (Lipinski definition) is 3. The Morgan fingerprint density at radius 1 is 1.27 bits per heavy atom. The number of nitrogens with zero attached hydrogens (tertiary/aromatic N) is 1. The molecule has 188 valence electrons. The van der Waals surface area contributed by atoms with Gasteiger partial charge >= 0.3 is 0 Å². The Morgan fingerprint density at radius 2 is 2.00 bits per heavy atom. The van der Waals surface area contributed by atoms with Gasteiger partial charge < -0.3 is 24.8 Å². The number of benzene rings is 1. The first-order valence-corrected chi connectivity index (χ1v) is 13.4. The molecule has 9 nitrogen and oxygen atoms in total. The van der Waals surface area contributed by atoms with Gasteiger partial charge in [-0.1, -0.05) is 6.92 Å². The van der Waals surface area contributed by atoms with Gasteiger partial charge in [0.2, 0.25) is 10.0 Å². The Hall–Kier alpha value is -1.88. The van der Waals surface area contributed by atoms with Crippen molar-refractivity contribution in [3.05, 3.63) is 23.8 Å². The zero-order chi connectivity index (χ0) is 24.6. The lowest BCUT2D eigenvalue weighted by Gasteiger charge is -2.34. The van der Waals surface area contributed by atoms with Crippen molar-refractivity contribution in [2.75, 3.05) is 44.3 Å². The number of hydrogen-bond acceptors (Lipinski definition) is 7. The van der Waals surface area contributed by atoms with Crippen molar-refractivity contribution >= 4 is 21.6 Å². The number of amides is 1. The number of anilines is 1. The summed E-state index contributed by atoms with van der Waals surface area (Å²) in [6.45, 7) is 7.20. The number of rotatable bonds is 6. The number of fused-ring (bicyclic) bond motifs is 1. The molecule has 10 heteroatoms. The summed E-state index contributed by atoms with van der Waals surface area (Å²) in [5.41, 5.74) is 0.536. The topological polar surface area (TPSA) is 117 Å². The molecule has 0 aliphatic carbocycles. The van der Waals surface area contributed by atoms with Crippen molar-refractivity contribution in [2.45, 2.75) is 58.3 Å². The van der Waals surface area contributed by atoms with Gasteiger partial charge in [0.05, 0.1) is 36.7 Å². The van der Waals surface area contributed by atoms with Gasteiger partial charge in [-0.25, -0.2) is 8.42 Å². The highest BCUT2D eigenvalue weighted by Gasteiger charge is 2.29. The van der Waals surface area contributed by atoms with E-state index >= 15 is 0 Å². The van der Waals surface area contributed by atoms with Crippen LogP contribution in [0.2, 0.25) is 0 Å². The zero-order valence-electron chi connectivity index (χ0n) is 20.3. The van der Waals surface area contributed by atoms with Crippen molar-refractivity contribution in [1.82, 2.24) is 10.2 Å². The lowest BCUT2D eigenvalue weighted by atomic mass is 10.0. The first-order valence-electron chi connectivity index (χ1n) is 11.5. The molecule has 0 unspecified atom stereocenters. The summed E-state index contributed by atoms with van der Waals surface area (Å²) in [4.78, 5) is 15.4. The second kappa shape index (κ2) is 12.5. The molecule has 0 spiro atoms. The normalized spacial score (nSPS) is 24.4. The summed E-state index contributed by atoms with van der Waals surface area (Å²) in [5, 5.41) is 13.0. The molecule has 0 saturated heterocycles. The maximum Gasteiger partial charge on any atom is 0.258 e. The fourth-order valence-corrected chi connectivity index (χ4v) is 4.45. The summed E-state index contributed by atoms with van der Waals surface area (Å²) in [7, 11) is -1.65. The minimum absolute atomic E-state index is 0.000963.